The van der Waals surface area contributed by atoms with Crippen molar-refractivity contribution in [2.75, 3.05) is 5.32 Å². The fourth-order valence-electron chi connectivity index (χ4n) is 3.14. The van der Waals surface area contributed by atoms with Crippen molar-refractivity contribution in [2.45, 2.75) is 19.3 Å². The molecule has 0 amide bonds. The fourth-order valence-corrected chi connectivity index (χ4v) is 3.33. The zero-order valence-corrected chi connectivity index (χ0v) is 13.8. The van der Waals surface area contributed by atoms with Gasteiger partial charge in [-0.1, -0.05) is 23.7 Å². The van der Waals surface area contributed by atoms with Gasteiger partial charge in [-0.25, -0.2) is 4.39 Å². The summed E-state index contributed by atoms with van der Waals surface area (Å²) in [6.07, 6.45) is 3.11. The number of halogens is 2. The number of rotatable bonds is 3. The minimum absolute atomic E-state index is 0.236. The average Bonchev–Trinajstić information content (AvgIpc) is 3.06. The summed E-state index contributed by atoms with van der Waals surface area (Å²) in [7, 11) is 0. The first-order valence-corrected chi connectivity index (χ1v) is 8.38. The Morgan fingerprint density at radius 1 is 1.00 bits per heavy atom. The summed E-state index contributed by atoms with van der Waals surface area (Å²) >= 11 is 6.12. The van der Waals surface area contributed by atoms with Crippen LogP contribution in [0, 0.1) is 5.82 Å². The van der Waals surface area contributed by atoms with Crippen LogP contribution >= 0.6 is 11.6 Å². The van der Waals surface area contributed by atoms with Crippen molar-refractivity contribution >= 4 is 23.0 Å². The molecule has 1 aliphatic carbocycles. The van der Waals surface area contributed by atoms with E-state index in [1.165, 1.54) is 17.7 Å². The molecule has 0 spiro atoms. The molecule has 1 aromatic heterocycles. The smallest absolute Gasteiger partial charge is 0.123 e. The van der Waals surface area contributed by atoms with Gasteiger partial charge in [-0.3, -0.25) is 4.98 Å². The van der Waals surface area contributed by atoms with Gasteiger partial charge in [0.05, 0.1) is 5.69 Å². The van der Waals surface area contributed by atoms with E-state index in [9.17, 15) is 4.39 Å². The van der Waals surface area contributed by atoms with Crippen LogP contribution in [-0.2, 0) is 12.8 Å². The van der Waals surface area contributed by atoms with Crippen LogP contribution < -0.4 is 5.32 Å². The van der Waals surface area contributed by atoms with Crippen molar-refractivity contribution < 1.29 is 4.39 Å². The quantitative estimate of drug-likeness (QED) is 0.655. The second-order valence-electron chi connectivity index (χ2n) is 5.98. The SMILES string of the molecule is Fc1ccc(Nc2cc(-c3cccc(Cl)c3)nc3c2CCC3)cc1. The number of aryl methyl sites for hydroxylation is 1. The van der Waals surface area contributed by atoms with Gasteiger partial charge in [-0.2, -0.15) is 0 Å². The number of hydrogen-bond donors (Lipinski definition) is 1. The molecule has 2 aromatic carbocycles. The van der Waals surface area contributed by atoms with Crippen molar-refractivity contribution in [3.63, 3.8) is 0 Å². The number of nitrogens with zero attached hydrogens (tertiary/aromatic N) is 1. The van der Waals surface area contributed by atoms with Crippen LogP contribution in [0.15, 0.2) is 54.6 Å². The van der Waals surface area contributed by atoms with E-state index < -0.39 is 0 Å². The van der Waals surface area contributed by atoms with E-state index in [0.717, 1.165) is 47.6 Å². The molecule has 120 valence electrons. The van der Waals surface area contributed by atoms with Gasteiger partial charge < -0.3 is 5.32 Å². The second kappa shape index (κ2) is 6.25. The Hall–Kier alpha value is -2.39. The van der Waals surface area contributed by atoms with E-state index in [-0.39, 0.29) is 5.82 Å². The number of hydrogen-bond acceptors (Lipinski definition) is 2. The van der Waals surface area contributed by atoms with Crippen LogP contribution in [-0.4, -0.2) is 4.98 Å². The normalized spacial score (nSPS) is 12.9. The van der Waals surface area contributed by atoms with Crippen molar-refractivity contribution in [3.05, 3.63) is 76.7 Å². The Kier molecular flexibility index (Phi) is 3.95. The maximum atomic E-state index is 13.1. The zero-order valence-electron chi connectivity index (χ0n) is 13.0. The highest BCUT2D eigenvalue weighted by Crippen LogP contribution is 2.34. The number of nitrogens with one attached hydrogen (secondary N) is 1. The molecule has 0 unspecified atom stereocenters. The minimum atomic E-state index is -0.236. The summed E-state index contributed by atoms with van der Waals surface area (Å²) in [4.78, 5) is 4.82. The lowest BCUT2D eigenvalue weighted by molar-refractivity contribution is 0.628. The third kappa shape index (κ3) is 3.00. The van der Waals surface area contributed by atoms with Gasteiger partial charge in [0.15, 0.2) is 0 Å². The highest BCUT2D eigenvalue weighted by Gasteiger charge is 2.18. The van der Waals surface area contributed by atoms with Gasteiger partial charge in [0, 0.05) is 27.7 Å². The van der Waals surface area contributed by atoms with E-state index >= 15 is 0 Å². The average molecular weight is 339 g/mol. The summed E-state index contributed by atoms with van der Waals surface area (Å²) in [6.45, 7) is 0. The van der Waals surface area contributed by atoms with Crippen molar-refractivity contribution in [3.8, 4) is 11.3 Å². The van der Waals surface area contributed by atoms with Crippen LogP contribution in [0.4, 0.5) is 15.8 Å². The zero-order chi connectivity index (χ0) is 16.5. The molecule has 3 aromatic rings. The van der Waals surface area contributed by atoms with Gasteiger partial charge in [-0.05, 0) is 67.3 Å². The van der Waals surface area contributed by atoms with Gasteiger partial charge in [0.25, 0.3) is 0 Å². The topological polar surface area (TPSA) is 24.9 Å². The molecule has 0 radical (unpaired) electrons. The van der Waals surface area contributed by atoms with Crippen molar-refractivity contribution in [2.24, 2.45) is 0 Å². The molecule has 0 saturated carbocycles. The lowest BCUT2D eigenvalue weighted by Crippen LogP contribution is -2.00. The van der Waals surface area contributed by atoms with Crippen LogP contribution in [0.5, 0.6) is 0 Å². The second-order valence-corrected chi connectivity index (χ2v) is 6.41. The molecule has 24 heavy (non-hydrogen) atoms. The summed E-state index contributed by atoms with van der Waals surface area (Å²) in [5.74, 6) is -0.236. The molecule has 0 fully saturated rings. The first-order chi connectivity index (χ1) is 11.7. The molecular formula is C20H16ClFN2. The van der Waals surface area contributed by atoms with Crippen LogP contribution in [0.3, 0.4) is 0 Å². The van der Waals surface area contributed by atoms with Crippen LogP contribution in [0.25, 0.3) is 11.3 Å². The van der Waals surface area contributed by atoms with Gasteiger partial charge >= 0.3 is 0 Å². The first-order valence-electron chi connectivity index (χ1n) is 8.00. The number of fused-ring (bicyclic) bond motifs is 1. The first kappa shape index (κ1) is 15.2. The third-order valence-electron chi connectivity index (χ3n) is 4.29. The number of pyridine rings is 1. The predicted octanol–water partition coefficient (Wildman–Crippen LogP) is 5.77. The molecule has 1 aliphatic rings. The standard InChI is InChI=1S/C20H16ClFN2/c21-14-4-1-3-13(11-14)19-12-20(17-5-2-6-18(17)24-19)23-16-9-7-15(22)8-10-16/h1,3-4,7-12H,2,5-6H2,(H,23,24). The van der Waals surface area contributed by atoms with Gasteiger partial charge in [0.1, 0.15) is 5.82 Å². The van der Waals surface area contributed by atoms with Gasteiger partial charge in [-0.15, -0.1) is 0 Å². The number of benzene rings is 2. The van der Waals surface area contributed by atoms with E-state index in [1.807, 2.05) is 24.3 Å². The molecule has 0 bridgehead atoms. The fraction of sp³-hybridized carbons (Fsp3) is 0.150. The van der Waals surface area contributed by atoms with Crippen molar-refractivity contribution in [1.29, 1.82) is 0 Å². The molecule has 1 heterocycles. The molecule has 4 rings (SSSR count). The monoisotopic (exact) mass is 338 g/mol. The summed E-state index contributed by atoms with van der Waals surface area (Å²) in [6, 6.07) is 16.2. The van der Waals surface area contributed by atoms with Crippen LogP contribution in [0.2, 0.25) is 5.02 Å². The van der Waals surface area contributed by atoms with E-state index in [2.05, 4.69) is 11.4 Å². The van der Waals surface area contributed by atoms with E-state index in [4.69, 9.17) is 16.6 Å². The van der Waals surface area contributed by atoms with Gasteiger partial charge in [0.2, 0.25) is 0 Å². The summed E-state index contributed by atoms with van der Waals surface area (Å²) < 4.78 is 13.1. The summed E-state index contributed by atoms with van der Waals surface area (Å²) in [5, 5.41) is 4.11. The maximum Gasteiger partial charge on any atom is 0.123 e. The highest BCUT2D eigenvalue weighted by molar-refractivity contribution is 6.30. The Morgan fingerprint density at radius 3 is 2.62 bits per heavy atom. The van der Waals surface area contributed by atoms with Crippen LogP contribution in [0.1, 0.15) is 17.7 Å². The third-order valence-corrected chi connectivity index (χ3v) is 4.53. The van der Waals surface area contributed by atoms with Crippen molar-refractivity contribution in [1.82, 2.24) is 4.98 Å². The molecule has 1 N–H and O–H groups in total. The lowest BCUT2D eigenvalue weighted by Gasteiger charge is -2.14. The summed E-state index contributed by atoms with van der Waals surface area (Å²) in [5.41, 5.74) is 6.21. The Morgan fingerprint density at radius 2 is 1.83 bits per heavy atom. The molecule has 0 aliphatic heterocycles. The highest BCUT2D eigenvalue weighted by atomic mass is 35.5. The molecule has 4 heteroatoms. The molecular weight excluding hydrogens is 323 g/mol. The molecule has 2 nitrogen and oxygen atoms in total. The lowest BCUT2D eigenvalue weighted by atomic mass is 10.1. The molecule has 0 atom stereocenters. The number of anilines is 2. The molecule has 0 saturated heterocycles. The maximum absolute atomic E-state index is 13.1. The largest absolute Gasteiger partial charge is 0.355 e. The number of aromatic nitrogens is 1. The Labute approximate surface area is 145 Å². The minimum Gasteiger partial charge on any atom is -0.355 e. The Balaban J connectivity index is 1.77. The van der Waals surface area contributed by atoms with E-state index in [1.54, 1.807) is 12.1 Å². The van der Waals surface area contributed by atoms with E-state index in [0.29, 0.717) is 5.02 Å². The Bertz CT molecular complexity index is 891. The predicted molar refractivity (Wildman–Crippen MR) is 96.4 cm³/mol.